The third kappa shape index (κ3) is 4.21. The number of nitrogens with one attached hydrogen (secondary N) is 1. The lowest BCUT2D eigenvalue weighted by molar-refractivity contribution is -0.145. The van der Waals surface area contributed by atoms with Crippen LogP contribution in [0, 0.1) is 0 Å². The summed E-state index contributed by atoms with van der Waals surface area (Å²) in [5, 5.41) is 19.5. The number of aliphatic carboxylic acids is 2. The van der Waals surface area contributed by atoms with Crippen LogP contribution < -0.4 is 11.1 Å². The molecule has 0 aromatic carbocycles. The Hall–Kier alpha value is -1.83. The summed E-state index contributed by atoms with van der Waals surface area (Å²) in [6.07, 6.45) is 0.924. The number of nitrogens with two attached hydrogens (primary N) is 1. The fourth-order valence-corrected chi connectivity index (χ4v) is 1.81. The van der Waals surface area contributed by atoms with Crippen molar-refractivity contribution in [2.75, 3.05) is 13.1 Å². The van der Waals surface area contributed by atoms with Crippen LogP contribution in [0.15, 0.2) is 0 Å². The second-order valence-corrected chi connectivity index (χ2v) is 4.29. The fraction of sp³-hybridized carbons (Fsp3) is 0.700. The van der Waals surface area contributed by atoms with Crippen LogP contribution in [0.4, 0.5) is 4.79 Å². The standard InChI is InChI=1S/C10H17N3O5/c11-6-2-1-3-13(5-6)10(18)12-7(9(16)17)4-8(14)15/h6-7H,1-5,11H2,(H,12,18)(H,14,15)(H,16,17)/t6?,7-/m1/s1. The number of piperidine rings is 1. The number of urea groups is 1. The normalized spacial score (nSPS) is 21.2. The van der Waals surface area contributed by atoms with Crippen molar-refractivity contribution in [1.82, 2.24) is 10.2 Å². The molecule has 0 radical (unpaired) electrons. The number of hydrogen-bond acceptors (Lipinski definition) is 4. The monoisotopic (exact) mass is 259 g/mol. The molecule has 1 saturated heterocycles. The predicted octanol–water partition coefficient (Wildman–Crippen LogP) is -0.953. The van der Waals surface area contributed by atoms with Gasteiger partial charge in [-0.25, -0.2) is 9.59 Å². The van der Waals surface area contributed by atoms with Crippen LogP contribution in [0.3, 0.4) is 0 Å². The Bertz CT molecular complexity index is 346. The molecule has 1 heterocycles. The van der Waals surface area contributed by atoms with Crippen LogP contribution in [0.5, 0.6) is 0 Å². The first-order valence-electron chi connectivity index (χ1n) is 5.65. The molecule has 0 aliphatic carbocycles. The van der Waals surface area contributed by atoms with Crippen LogP contribution in [-0.2, 0) is 9.59 Å². The van der Waals surface area contributed by atoms with Gasteiger partial charge in [0.05, 0.1) is 6.42 Å². The van der Waals surface area contributed by atoms with Crippen LogP contribution in [0.25, 0.3) is 0 Å². The number of likely N-dealkylation sites (tertiary alicyclic amines) is 1. The summed E-state index contributed by atoms with van der Waals surface area (Å²) in [4.78, 5) is 34.4. The highest BCUT2D eigenvalue weighted by molar-refractivity contribution is 5.86. The van der Waals surface area contributed by atoms with Gasteiger partial charge >= 0.3 is 18.0 Å². The van der Waals surface area contributed by atoms with Gasteiger partial charge in [-0.3, -0.25) is 4.79 Å². The molecule has 5 N–H and O–H groups in total. The van der Waals surface area contributed by atoms with Crippen molar-refractivity contribution < 1.29 is 24.6 Å². The van der Waals surface area contributed by atoms with E-state index < -0.39 is 30.4 Å². The summed E-state index contributed by atoms with van der Waals surface area (Å²) < 4.78 is 0. The zero-order chi connectivity index (χ0) is 13.7. The molecule has 0 aromatic rings. The van der Waals surface area contributed by atoms with Gasteiger partial charge < -0.3 is 26.2 Å². The van der Waals surface area contributed by atoms with Crippen molar-refractivity contribution in [3.05, 3.63) is 0 Å². The van der Waals surface area contributed by atoms with E-state index in [2.05, 4.69) is 5.32 Å². The highest BCUT2D eigenvalue weighted by Crippen LogP contribution is 2.08. The minimum Gasteiger partial charge on any atom is -0.481 e. The molecule has 1 aliphatic heterocycles. The van der Waals surface area contributed by atoms with Crippen molar-refractivity contribution in [3.63, 3.8) is 0 Å². The topological polar surface area (TPSA) is 133 Å². The van der Waals surface area contributed by atoms with Gasteiger partial charge in [-0.1, -0.05) is 0 Å². The van der Waals surface area contributed by atoms with Gasteiger partial charge in [0.2, 0.25) is 0 Å². The van der Waals surface area contributed by atoms with Gasteiger partial charge in [0.25, 0.3) is 0 Å². The van der Waals surface area contributed by atoms with Gasteiger partial charge in [-0.15, -0.1) is 0 Å². The predicted molar refractivity (Wildman–Crippen MR) is 61.0 cm³/mol. The minimum absolute atomic E-state index is 0.118. The van der Waals surface area contributed by atoms with E-state index in [1.54, 1.807) is 0 Å². The van der Waals surface area contributed by atoms with Crippen molar-refractivity contribution in [3.8, 4) is 0 Å². The smallest absolute Gasteiger partial charge is 0.326 e. The molecule has 8 heteroatoms. The molecule has 1 fully saturated rings. The average Bonchev–Trinajstić information content (AvgIpc) is 2.27. The summed E-state index contributed by atoms with van der Waals surface area (Å²) in [6, 6.07) is -2.13. The maximum absolute atomic E-state index is 11.7. The number of carboxylic acids is 2. The molecular weight excluding hydrogens is 242 g/mol. The summed E-state index contributed by atoms with van der Waals surface area (Å²) >= 11 is 0. The second kappa shape index (κ2) is 6.20. The SMILES string of the molecule is NC1CCCN(C(=O)N[C@H](CC(=O)O)C(=O)O)C1. The summed E-state index contributed by atoms with van der Waals surface area (Å²) in [5.41, 5.74) is 5.70. The summed E-state index contributed by atoms with van der Waals surface area (Å²) in [5.74, 6) is -2.65. The van der Waals surface area contributed by atoms with Crippen LogP contribution in [-0.4, -0.2) is 58.3 Å². The van der Waals surface area contributed by atoms with E-state index in [9.17, 15) is 14.4 Å². The Labute approximate surface area is 104 Å². The van der Waals surface area contributed by atoms with Gasteiger partial charge in [0, 0.05) is 19.1 Å². The van der Waals surface area contributed by atoms with Crippen LogP contribution in [0.1, 0.15) is 19.3 Å². The molecule has 0 saturated carbocycles. The van der Waals surface area contributed by atoms with Crippen molar-refractivity contribution >= 4 is 18.0 Å². The Morgan fingerprint density at radius 2 is 2.06 bits per heavy atom. The lowest BCUT2D eigenvalue weighted by Crippen LogP contribution is -2.53. The Balaban J connectivity index is 2.54. The number of rotatable bonds is 4. The third-order valence-electron chi connectivity index (χ3n) is 2.72. The molecule has 1 rings (SSSR count). The highest BCUT2D eigenvalue weighted by Gasteiger charge is 2.27. The summed E-state index contributed by atoms with van der Waals surface area (Å²) in [7, 11) is 0. The molecule has 0 bridgehead atoms. The lowest BCUT2D eigenvalue weighted by atomic mass is 10.1. The maximum atomic E-state index is 11.7. The number of carboxylic acid groups (broad SMARTS) is 2. The van der Waals surface area contributed by atoms with E-state index >= 15 is 0 Å². The first-order chi connectivity index (χ1) is 8.40. The molecule has 1 unspecified atom stereocenters. The quantitative estimate of drug-likeness (QED) is 0.514. The Morgan fingerprint density at radius 1 is 1.39 bits per heavy atom. The number of carbonyl (C=O) groups is 3. The Kier molecular flexibility index (Phi) is 4.90. The number of amides is 2. The largest absolute Gasteiger partial charge is 0.481 e. The molecule has 2 atom stereocenters. The number of nitrogens with zero attached hydrogens (tertiary/aromatic N) is 1. The molecule has 0 aromatic heterocycles. The molecule has 8 nitrogen and oxygen atoms in total. The molecule has 102 valence electrons. The van der Waals surface area contributed by atoms with Crippen LogP contribution >= 0.6 is 0 Å². The summed E-state index contributed by atoms with van der Waals surface area (Å²) in [6.45, 7) is 0.851. The maximum Gasteiger partial charge on any atom is 0.326 e. The average molecular weight is 259 g/mol. The molecular formula is C10H17N3O5. The van der Waals surface area contributed by atoms with E-state index in [4.69, 9.17) is 15.9 Å². The van der Waals surface area contributed by atoms with Gasteiger partial charge in [-0.2, -0.15) is 0 Å². The zero-order valence-electron chi connectivity index (χ0n) is 9.83. The number of hydrogen-bond donors (Lipinski definition) is 4. The molecule has 0 spiro atoms. The lowest BCUT2D eigenvalue weighted by Gasteiger charge is -2.31. The first-order valence-corrected chi connectivity index (χ1v) is 5.65. The minimum atomic E-state index is -1.42. The molecule has 2 amide bonds. The Morgan fingerprint density at radius 3 is 2.56 bits per heavy atom. The van der Waals surface area contributed by atoms with Gasteiger partial charge in [0.1, 0.15) is 6.04 Å². The van der Waals surface area contributed by atoms with E-state index in [1.807, 2.05) is 0 Å². The van der Waals surface area contributed by atoms with E-state index in [1.165, 1.54) is 4.90 Å². The van der Waals surface area contributed by atoms with E-state index in [0.29, 0.717) is 13.1 Å². The van der Waals surface area contributed by atoms with Gasteiger partial charge in [-0.05, 0) is 12.8 Å². The second-order valence-electron chi connectivity index (χ2n) is 4.29. The van der Waals surface area contributed by atoms with Crippen LogP contribution in [0.2, 0.25) is 0 Å². The van der Waals surface area contributed by atoms with E-state index in [0.717, 1.165) is 12.8 Å². The van der Waals surface area contributed by atoms with Crippen molar-refractivity contribution in [2.24, 2.45) is 5.73 Å². The van der Waals surface area contributed by atoms with Gasteiger partial charge in [0.15, 0.2) is 0 Å². The van der Waals surface area contributed by atoms with E-state index in [-0.39, 0.29) is 6.04 Å². The molecule has 18 heavy (non-hydrogen) atoms. The number of carbonyl (C=O) groups excluding carboxylic acids is 1. The highest BCUT2D eigenvalue weighted by atomic mass is 16.4. The van der Waals surface area contributed by atoms with Crippen molar-refractivity contribution in [2.45, 2.75) is 31.3 Å². The zero-order valence-corrected chi connectivity index (χ0v) is 9.83. The third-order valence-corrected chi connectivity index (χ3v) is 2.72. The van der Waals surface area contributed by atoms with Crippen molar-refractivity contribution in [1.29, 1.82) is 0 Å². The molecule has 1 aliphatic rings. The fourth-order valence-electron chi connectivity index (χ4n) is 1.81. The first kappa shape index (κ1) is 14.2.